The van der Waals surface area contributed by atoms with Gasteiger partial charge in [0.1, 0.15) is 6.54 Å². The Labute approximate surface area is 122 Å². The monoisotopic (exact) mass is 315 g/mol. The Hall–Kier alpha value is -1.83. The topological polar surface area (TPSA) is 38.1 Å². The number of hydrogen-bond donors (Lipinski definition) is 0. The van der Waals surface area contributed by atoms with Gasteiger partial charge in [-0.25, -0.2) is 0 Å². The summed E-state index contributed by atoms with van der Waals surface area (Å²) in [5.41, 5.74) is 0.144. The van der Waals surface area contributed by atoms with Gasteiger partial charge < -0.3 is 4.90 Å². The van der Waals surface area contributed by atoms with Crippen LogP contribution >= 0.6 is 11.3 Å². The molecule has 2 aromatic heterocycles. The van der Waals surface area contributed by atoms with Crippen molar-refractivity contribution >= 4 is 17.2 Å². The van der Waals surface area contributed by atoms with E-state index in [0.29, 0.717) is 13.1 Å². The number of carbonyl (C=O) groups is 1. The quantitative estimate of drug-likeness (QED) is 0.854. The number of thiophene rings is 1. The van der Waals surface area contributed by atoms with Crippen molar-refractivity contribution in [1.29, 1.82) is 0 Å². The molecule has 0 bridgehead atoms. The van der Waals surface area contributed by atoms with Gasteiger partial charge in [0.15, 0.2) is 5.69 Å². The molecule has 0 spiro atoms. The van der Waals surface area contributed by atoms with E-state index in [4.69, 9.17) is 0 Å². The van der Waals surface area contributed by atoms with E-state index in [1.165, 1.54) is 11.1 Å². The zero-order valence-electron chi connectivity index (χ0n) is 10.9. The van der Waals surface area contributed by atoms with E-state index in [2.05, 4.69) is 5.10 Å². The first-order valence-electron chi connectivity index (χ1n) is 6.37. The van der Waals surface area contributed by atoms with Gasteiger partial charge in [-0.05, 0) is 29.5 Å². The number of alkyl halides is 3. The second kappa shape index (κ2) is 5.18. The Morgan fingerprint density at radius 2 is 2.19 bits per heavy atom. The second-order valence-corrected chi connectivity index (χ2v) is 5.83. The fourth-order valence-corrected chi connectivity index (χ4v) is 3.19. The van der Waals surface area contributed by atoms with Crippen LogP contribution in [-0.4, -0.2) is 27.1 Å². The zero-order valence-corrected chi connectivity index (χ0v) is 11.7. The summed E-state index contributed by atoms with van der Waals surface area (Å²) >= 11 is 1.67. The van der Waals surface area contributed by atoms with E-state index >= 15 is 0 Å². The molecule has 21 heavy (non-hydrogen) atoms. The average Bonchev–Trinajstić information content (AvgIpc) is 3.04. The average molecular weight is 315 g/mol. The third-order valence-electron chi connectivity index (χ3n) is 3.39. The maximum absolute atomic E-state index is 12.5. The molecule has 1 aliphatic rings. The van der Waals surface area contributed by atoms with E-state index in [0.717, 1.165) is 22.7 Å². The maximum atomic E-state index is 12.5. The van der Waals surface area contributed by atoms with Gasteiger partial charge in [0.25, 0.3) is 0 Å². The highest BCUT2D eigenvalue weighted by Gasteiger charge is 2.33. The maximum Gasteiger partial charge on any atom is 0.435 e. The van der Waals surface area contributed by atoms with Crippen molar-refractivity contribution in [2.75, 3.05) is 6.54 Å². The summed E-state index contributed by atoms with van der Waals surface area (Å²) in [6.45, 7) is 0.945. The normalized spacial score (nSPS) is 15.1. The lowest BCUT2D eigenvalue weighted by molar-refractivity contribution is -0.142. The van der Waals surface area contributed by atoms with Crippen molar-refractivity contribution in [2.24, 2.45) is 0 Å². The molecule has 3 heterocycles. The summed E-state index contributed by atoms with van der Waals surface area (Å²) < 4.78 is 38.4. The summed E-state index contributed by atoms with van der Waals surface area (Å²) in [7, 11) is 0. The summed E-state index contributed by atoms with van der Waals surface area (Å²) in [5, 5.41) is 5.38. The third kappa shape index (κ3) is 2.94. The predicted molar refractivity (Wildman–Crippen MR) is 70.7 cm³/mol. The van der Waals surface area contributed by atoms with Crippen LogP contribution in [0.3, 0.4) is 0 Å². The first-order chi connectivity index (χ1) is 9.93. The van der Waals surface area contributed by atoms with E-state index in [9.17, 15) is 18.0 Å². The van der Waals surface area contributed by atoms with Gasteiger partial charge in [0, 0.05) is 24.2 Å². The Kier molecular flexibility index (Phi) is 3.48. The molecule has 4 nitrogen and oxygen atoms in total. The Morgan fingerprint density at radius 1 is 1.38 bits per heavy atom. The highest BCUT2D eigenvalue weighted by Crippen LogP contribution is 2.27. The Balaban J connectivity index is 1.66. The van der Waals surface area contributed by atoms with E-state index < -0.39 is 11.9 Å². The molecular weight excluding hydrogens is 303 g/mol. The molecule has 112 valence electrons. The van der Waals surface area contributed by atoms with Gasteiger partial charge in [0.2, 0.25) is 5.91 Å². The minimum Gasteiger partial charge on any atom is -0.336 e. The van der Waals surface area contributed by atoms with Crippen molar-refractivity contribution in [1.82, 2.24) is 14.7 Å². The van der Waals surface area contributed by atoms with Gasteiger partial charge in [0.05, 0.1) is 0 Å². The summed E-state index contributed by atoms with van der Waals surface area (Å²) in [6, 6.07) is 2.86. The van der Waals surface area contributed by atoms with Gasteiger partial charge in [-0.1, -0.05) is 0 Å². The first kappa shape index (κ1) is 14.1. The molecule has 0 N–H and O–H groups in total. The van der Waals surface area contributed by atoms with Gasteiger partial charge in [-0.3, -0.25) is 9.48 Å². The molecule has 8 heteroatoms. The second-order valence-electron chi connectivity index (χ2n) is 4.83. The van der Waals surface area contributed by atoms with Gasteiger partial charge in [-0.15, -0.1) is 11.3 Å². The number of amides is 1. The summed E-state index contributed by atoms with van der Waals surface area (Å²) in [5.74, 6) is -0.219. The number of aromatic nitrogens is 2. The number of hydrogen-bond acceptors (Lipinski definition) is 3. The molecule has 0 saturated carbocycles. The van der Waals surface area contributed by atoms with Crippen molar-refractivity contribution in [3.8, 4) is 0 Å². The molecule has 0 atom stereocenters. The summed E-state index contributed by atoms with van der Waals surface area (Å²) in [6.07, 6.45) is -2.50. The molecule has 0 unspecified atom stereocenters. The number of rotatable bonds is 2. The first-order valence-corrected chi connectivity index (χ1v) is 7.25. The molecule has 0 radical (unpaired) electrons. The van der Waals surface area contributed by atoms with Crippen molar-refractivity contribution in [3.63, 3.8) is 0 Å². The van der Waals surface area contributed by atoms with E-state index in [1.54, 1.807) is 16.2 Å². The van der Waals surface area contributed by atoms with Gasteiger partial charge >= 0.3 is 6.18 Å². The molecule has 0 aromatic carbocycles. The van der Waals surface area contributed by atoms with Crippen LogP contribution in [0.5, 0.6) is 0 Å². The lowest BCUT2D eigenvalue weighted by Crippen LogP contribution is -2.37. The van der Waals surface area contributed by atoms with Crippen molar-refractivity contribution in [3.05, 3.63) is 39.8 Å². The number of nitrogens with zero attached hydrogens (tertiary/aromatic N) is 3. The molecule has 2 aromatic rings. The van der Waals surface area contributed by atoms with Crippen LogP contribution in [0.1, 0.15) is 16.1 Å². The lowest BCUT2D eigenvalue weighted by Gasteiger charge is -2.27. The molecule has 0 aliphatic carbocycles. The van der Waals surface area contributed by atoms with E-state index in [1.807, 2.05) is 11.4 Å². The van der Waals surface area contributed by atoms with Crippen LogP contribution in [0.25, 0.3) is 0 Å². The molecule has 3 rings (SSSR count). The fourth-order valence-electron chi connectivity index (χ4n) is 2.30. The molecule has 1 aliphatic heterocycles. The van der Waals surface area contributed by atoms with Crippen LogP contribution in [0.2, 0.25) is 0 Å². The highest BCUT2D eigenvalue weighted by molar-refractivity contribution is 7.10. The van der Waals surface area contributed by atoms with Crippen LogP contribution < -0.4 is 0 Å². The van der Waals surface area contributed by atoms with Crippen molar-refractivity contribution in [2.45, 2.75) is 25.7 Å². The molecule has 0 fully saturated rings. The summed E-state index contributed by atoms with van der Waals surface area (Å²) in [4.78, 5) is 15.1. The molecule has 0 saturated heterocycles. The number of halogens is 3. The van der Waals surface area contributed by atoms with Crippen LogP contribution in [-0.2, 0) is 30.5 Å². The Morgan fingerprint density at radius 3 is 2.90 bits per heavy atom. The van der Waals surface area contributed by atoms with Crippen LogP contribution in [0.4, 0.5) is 13.2 Å². The number of fused-ring (bicyclic) bond motifs is 1. The van der Waals surface area contributed by atoms with Crippen LogP contribution in [0.15, 0.2) is 23.7 Å². The van der Waals surface area contributed by atoms with Crippen LogP contribution in [0, 0.1) is 0 Å². The SMILES string of the molecule is O=C(Cn1ccc(C(F)(F)F)n1)N1CCc2sccc2C1. The minimum absolute atomic E-state index is 0.171. The van der Waals surface area contributed by atoms with Crippen molar-refractivity contribution < 1.29 is 18.0 Å². The lowest BCUT2D eigenvalue weighted by atomic mass is 10.1. The smallest absolute Gasteiger partial charge is 0.336 e. The molecule has 1 amide bonds. The Bertz CT molecular complexity index is 662. The largest absolute Gasteiger partial charge is 0.435 e. The zero-order chi connectivity index (χ0) is 15.0. The number of carbonyl (C=O) groups excluding carboxylic acids is 1. The highest BCUT2D eigenvalue weighted by atomic mass is 32.1. The molecular formula is C13H12F3N3OS. The fraction of sp³-hybridized carbons (Fsp3) is 0.385. The minimum atomic E-state index is -4.48. The third-order valence-corrected chi connectivity index (χ3v) is 4.41. The standard InChI is InChI=1S/C13H12F3N3OS/c14-13(15,16)11-2-5-19(17-11)8-12(20)18-4-1-10-9(7-18)3-6-21-10/h2-3,5-6H,1,4,7-8H2. The van der Waals surface area contributed by atoms with E-state index in [-0.39, 0.29) is 12.5 Å². The van der Waals surface area contributed by atoms with Gasteiger partial charge in [-0.2, -0.15) is 18.3 Å². The predicted octanol–water partition coefficient (Wildman–Crippen LogP) is 2.55.